The molecule has 0 radical (unpaired) electrons. The number of aryl methyl sites for hydroxylation is 2. The van der Waals surface area contributed by atoms with Crippen LogP contribution in [0.3, 0.4) is 0 Å². The van der Waals surface area contributed by atoms with Gasteiger partial charge in [0, 0.05) is 11.6 Å². The van der Waals surface area contributed by atoms with Gasteiger partial charge >= 0.3 is 0 Å². The highest BCUT2D eigenvalue weighted by molar-refractivity contribution is 7.90. The molecule has 2 heterocycles. The van der Waals surface area contributed by atoms with Crippen LogP contribution < -0.4 is 14.2 Å². The molecule has 1 amide bonds. The molecule has 0 unspecified atom stereocenters. The summed E-state index contributed by atoms with van der Waals surface area (Å²) in [6, 6.07) is 4.20. The van der Waals surface area contributed by atoms with Crippen LogP contribution in [0.4, 0.5) is 0 Å². The highest BCUT2D eigenvalue weighted by Gasteiger charge is 2.23. The van der Waals surface area contributed by atoms with Gasteiger partial charge in [0.05, 0.1) is 17.0 Å². The quantitative estimate of drug-likeness (QED) is 0.878. The Morgan fingerprint density at radius 3 is 2.58 bits per heavy atom. The lowest BCUT2D eigenvalue weighted by molar-refractivity contribution is -0.118. The maximum atomic E-state index is 12.4. The Hall–Kier alpha value is -2.55. The van der Waals surface area contributed by atoms with E-state index in [4.69, 9.17) is 14.0 Å². The van der Waals surface area contributed by atoms with E-state index in [9.17, 15) is 13.2 Å². The summed E-state index contributed by atoms with van der Waals surface area (Å²) < 4.78 is 42.4. The van der Waals surface area contributed by atoms with Crippen molar-refractivity contribution in [2.24, 2.45) is 0 Å². The molecule has 0 bridgehead atoms. The summed E-state index contributed by atoms with van der Waals surface area (Å²) in [5, 5.41) is 3.74. The van der Waals surface area contributed by atoms with Crippen molar-refractivity contribution in [1.82, 2.24) is 9.88 Å². The Bertz CT molecular complexity index is 868. The highest BCUT2D eigenvalue weighted by Crippen LogP contribution is 2.32. The fraction of sp³-hybridized carbons (Fsp3) is 0.333. The van der Waals surface area contributed by atoms with E-state index in [1.165, 1.54) is 18.2 Å². The molecular formula is C15H16N2O6S. The minimum Gasteiger partial charge on any atom is -0.486 e. The lowest BCUT2D eigenvalue weighted by Gasteiger charge is -2.18. The van der Waals surface area contributed by atoms with Gasteiger partial charge in [0.1, 0.15) is 19.0 Å². The number of carbonyl (C=O) groups excluding carboxylic acids is 1. The maximum absolute atomic E-state index is 12.4. The molecule has 1 aliphatic heterocycles. The van der Waals surface area contributed by atoms with E-state index < -0.39 is 15.9 Å². The zero-order chi connectivity index (χ0) is 17.3. The smallest absolute Gasteiger partial charge is 0.264 e. The normalized spacial score (nSPS) is 13.6. The van der Waals surface area contributed by atoms with Gasteiger partial charge in [-0.1, -0.05) is 5.16 Å². The Balaban J connectivity index is 1.77. The molecule has 128 valence electrons. The van der Waals surface area contributed by atoms with E-state index in [1.807, 2.05) is 4.72 Å². The molecule has 1 N–H and O–H groups in total. The molecule has 0 atom stereocenters. The predicted octanol–water partition coefficient (Wildman–Crippen LogP) is 1.11. The molecule has 1 aromatic carbocycles. The van der Waals surface area contributed by atoms with Crippen molar-refractivity contribution < 1.29 is 27.2 Å². The second kappa shape index (κ2) is 6.16. The Labute approximate surface area is 138 Å². The average Bonchev–Trinajstić information content (AvgIpc) is 2.86. The van der Waals surface area contributed by atoms with E-state index in [-0.39, 0.29) is 11.3 Å². The summed E-state index contributed by atoms with van der Waals surface area (Å²) in [6.45, 7) is 4.11. The van der Waals surface area contributed by atoms with Gasteiger partial charge in [0.25, 0.3) is 10.0 Å². The largest absolute Gasteiger partial charge is 0.486 e. The summed E-state index contributed by atoms with van der Waals surface area (Å²) in [7, 11) is -4.01. The van der Waals surface area contributed by atoms with Crippen LogP contribution in [-0.4, -0.2) is 32.7 Å². The number of fused-ring (bicyclic) bond motifs is 1. The van der Waals surface area contributed by atoms with E-state index in [2.05, 4.69) is 5.16 Å². The van der Waals surface area contributed by atoms with Crippen LogP contribution in [-0.2, 0) is 21.2 Å². The first-order chi connectivity index (χ1) is 11.4. The topological polar surface area (TPSA) is 108 Å². The van der Waals surface area contributed by atoms with Gasteiger partial charge in [-0.2, -0.15) is 0 Å². The number of hydrogen-bond acceptors (Lipinski definition) is 7. The predicted molar refractivity (Wildman–Crippen MR) is 82.4 cm³/mol. The van der Waals surface area contributed by atoms with E-state index >= 15 is 0 Å². The van der Waals surface area contributed by atoms with Crippen molar-refractivity contribution >= 4 is 15.9 Å². The maximum Gasteiger partial charge on any atom is 0.264 e. The summed E-state index contributed by atoms with van der Waals surface area (Å²) >= 11 is 0. The molecule has 8 nitrogen and oxygen atoms in total. The SMILES string of the molecule is Cc1noc(C)c1CC(=O)NS(=O)(=O)c1ccc2c(c1)OCCO2. The van der Waals surface area contributed by atoms with Crippen molar-refractivity contribution in [1.29, 1.82) is 0 Å². The number of nitrogens with zero attached hydrogens (tertiary/aromatic N) is 1. The van der Waals surface area contributed by atoms with Crippen molar-refractivity contribution in [3.63, 3.8) is 0 Å². The Morgan fingerprint density at radius 2 is 1.92 bits per heavy atom. The second-order valence-electron chi connectivity index (χ2n) is 5.31. The third kappa shape index (κ3) is 3.21. The molecule has 24 heavy (non-hydrogen) atoms. The number of ether oxygens (including phenoxy) is 2. The fourth-order valence-corrected chi connectivity index (χ4v) is 3.35. The lowest BCUT2D eigenvalue weighted by Crippen LogP contribution is -2.32. The number of amides is 1. The fourth-order valence-electron chi connectivity index (χ4n) is 2.35. The Morgan fingerprint density at radius 1 is 1.21 bits per heavy atom. The van der Waals surface area contributed by atoms with Gasteiger partial charge in [0.15, 0.2) is 11.5 Å². The number of hydrogen-bond donors (Lipinski definition) is 1. The van der Waals surface area contributed by atoms with Gasteiger partial charge in [-0.25, -0.2) is 13.1 Å². The number of benzene rings is 1. The van der Waals surface area contributed by atoms with Crippen LogP contribution in [0, 0.1) is 13.8 Å². The standard InChI is InChI=1S/C15H16N2O6S/c1-9-12(10(2)23-16-9)8-15(18)17-24(19,20)11-3-4-13-14(7-11)22-6-5-21-13/h3-4,7H,5-6,8H2,1-2H3,(H,17,18). The zero-order valence-electron chi connectivity index (χ0n) is 13.2. The minimum absolute atomic E-state index is 0.0705. The molecule has 2 aromatic rings. The first kappa shape index (κ1) is 16.3. The second-order valence-corrected chi connectivity index (χ2v) is 7.00. The van der Waals surface area contributed by atoms with E-state index in [1.54, 1.807) is 13.8 Å². The molecule has 0 saturated heterocycles. The summed E-state index contributed by atoms with van der Waals surface area (Å²) in [6.07, 6.45) is -0.134. The molecule has 3 rings (SSSR count). The van der Waals surface area contributed by atoms with Crippen LogP contribution in [0.2, 0.25) is 0 Å². The summed E-state index contributed by atoms with van der Waals surface area (Å²) in [5.41, 5.74) is 1.13. The molecular weight excluding hydrogens is 336 g/mol. The molecule has 9 heteroatoms. The average molecular weight is 352 g/mol. The van der Waals surface area contributed by atoms with Crippen LogP contribution >= 0.6 is 0 Å². The van der Waals surface area contributed by atoms with Gasteiger partial charge in [-0.05, 0) is 26.0 Å². The van der Waals surface area contributed by atoms with Gasteiger partial charge < -0.3 is 14.0 Å². The molecule has 1 aromatic heterocycles. The molecule has 0 saturated carbocycles. The van der Waals surface area contributed by atoms with Crippen LogP contribution in [0.5, 0.6) is 11.5 Å². The number of rotatable bonds is 4. The zero-order valence-corrected chi connectivity index (χ0v) is 14.0. The number of nitrogens with one attached hydrogen (secondary N) is 1. The van der Waals surface area contributed by atoms with E-state index in [0.717, 1.165) is 0 Å². The monoisotopic (exact) mass is 352 g/mol. The molecule has 0 fully saturated rings. The van der Waals surface area contributed by atoms with E-state index in [0.29, 0.717) is 41.7 Å². The van der Waals surface area contributed by atoms with Crippen LogP contribution in [0.25, 0.3) is 0 Å². The van der Waals surface area contributed by atoms with Crippen molar-refractivity contribution in [2.75, 3.05) is 13.2 Å². The molecule has 1 aliphatic rings. The third-order valence-electron chi connectivity index (χ3n) is 3.59. The van der Waals surface area contributed by atoms with Crippen molar-refractivity contribution in [3.05, 3.63) is 35.2 Å². The molecule has 0 spiro atoms. The van der Waals surface area contributed by atoms with Crippen molar-refractivity contribution in [2.45, 2.75) is 25.2 Å². The number of carbonyl (C=O) groups is 1. The highest BCUT2D eigenvalue weighted by atomic mass is 32.2. The summed E-state index contributed by atoms with van der Waals surface area (Å²) in [5.74, 6) is 0.628. The minimum atomic E-state index is -4.01. The molecule has 0 aliphatic carbocycles. The lowest BCUT2D eigenvalue weighted by atomic mass is 10.1. The van der Waals surface area contributed by atoms with Crippen LogP contribution in [0.1, 0.15) is 17.0 Å². The Kier molecular flexibility index (Phi) is 4.18. The van der Waals surface area contributed by atoms with Gasteiger partial charge in [-0.3, -0.25) is 4.79 Å². The number of sulfonamides is 1. The first-order valence-electron chi connectivity index (χ1n) is 7.24. The third-order valence-corrected chi connectivity index (χ3v) is 4.96. The first-order valence-corrected chi connectivity index (χ1v) is 8.72. The van der Waals surface area contributed by atoms with Gasteiger partial charge in [0.2, 0.25) is 5.91 Å². The van der Waals surface area contributed by atoms with Crippen LogP contribution in [0.15, 0.2) is 27.6 Å². The number of aromatic nitrogens is 1. The summed E-state index contributed by atoms with van der Waals surface area (Å²) in [4.78, 5) is 12.0. The van der Waals surface area contributed by atoms with Gasteiger partial charge in [-0.15, -0.1) is 0 Å². The van der Waals surface area contributed by atoms with Crippen molar-refractivity contribution in [3.8, 4) is 11.5 Å².